The Bertz CT molecular complexity index is 202. The van der Waals surface area contributed by atoms with Crippen LogP contribution in [0.4, 0.5) is 0 Å². The molecule has 0 aromatic heterocycles. The SMILES string of the molecule is CCC(C)N(CCOC)CC1CC(OC)CN1. The molecule has 3 unspecified atom stereocenters. The van der Waals surface area contributed by atoms with Crippen molar-refractivity contribution in [3.8, 4) is 0 Å². The molecule has 0 bridgehead atoms. The molecule has 0 radical (unpaired) electrons. The van der Waals surface area contributed by atoms with Crippen LogP contribution in [0.3, 0.4) is 0 Å². The first-order chi connectivity index (χ1) is 8.21. The predicted molar refractivity (Wildman–Crippen MR) is 70.4 cm³/mol. The summed E-state index contributed by atoms with van der Waals surface area (Å²) in [5, 5.41) is 3.54. The molecule has 102 valence electrons. The smallest absolute Gasteiger partial charge is 0.0711 e. The lowest BCUT2D eigenvalue weighted by Gasteiger charge is -2.30. The molecule has 0 aromatic carbocycles. The molecule has 4 heteroatoms. The molecule has 1 heterocycles. The van der Waals surface area contributed by atoms with Gasteiger partial charge in [-0.25, -0.2) is 0 Å². The molecule has 0 saturated carbocycles. The van der Waals surface area contributed by atoms with Gasteiger partial charge in [0.25, 0.3) is 0 Å². The second kappa shape index (κ2) is 8.03. The molecule has 0 amide bonds. The maximum absolute atomic E-state index is 5.39. The van der Waals surface area contributed by atoms with E-state index in [1.807, 2.05) is 0 Å². The van der Waals surface area contributed by atoms with Gasteiger partial charge >= 0.3 is 0 Å². The zero-order chi connectivity index (χ0) is 12.7. The summed E-state index contributed by atoms with van der Waals surface area (Å²) in [6.45, 7) is 8.44. The number of hydrogen-bond donors (Lipinski definition) is 1. The first-order valence-electron chi connectivity index (χ1n) is 6.70. The van der Waals surface area contributed by atoms with E-state index in [4.69, 9.17) is 9.47 Å². The molecule has 0 aromatic rings. The summed E-state index contributed by atoms with van der Waals surface area (Å²) in [5.41, 5.74) is 0. The molecule has 0 aliphatic carbocycles. The molecule has 1 aliphatic rings. The van der Waals surface area contributed by atoms with Gasteiger partial charge in [0.15, 0.2) is 0 Å². The summed E-state index contributed by atoms with van der Waals surface area (Å²) in [5.74, 6) is 0. The van der Waals surface area contributed by atoms with Crippen LogP contribution in [0.1, 0.15) is 26.7 Å². The van der Waals surface area contributed by atoms with Crippen LogP contribution in [0.25, 0.3) is 0 Å². The lowest BCUT2D eigenvalue weighted by molar-refractivity contribution is 0.104. The number of ether oxygens (including phenoxy) is 2. The normalized spacial score (nSPS) is 26.6. The Hall–Kier alpha value is -0.160. The molecular weight excluding hydrogens is 216 g/mol. The van der Waals surface area contributed by atoms with Crippen LogP contribution in [0.2, 0.25) is 0 Å². The predicted octanol–water partition coefficient (Wildman–Crippen LogP) is 1.11. The Morgan fingerprint density at radius 2 is 2.18 bits per heavy atom. The van der Waals surface area contributed by atoms with Gasteiger partial charge in [0.2, 0.25) is 0 Å². The first-order valence-corrected chi connectivity index (χ1v) is 6.70. The van der Waals surface area contributed by atoms with Crippen molar-refractivity contribution in [1.29, 1.82) is 0 Å². The van der Waals surface area contributed by atoms with Gasteiger partial charge in [-0.2, -0.15) is 0 Å². The van der Waals surface area contributed by atoms with Gasteiger partial charge in [-0.05, 0) is 19.8 Å². The second-order valence-electron chi connectivity index (χ2n) is 4.94. The third-order valence-corrected chi connectivity index (χ3v) is 3.77. The van der Waals surface area contributed by atoms with Crippen molar-refractivity contribution in [2.24, 2.45) is 0 Å². The van der Waals surface area contributed by atoms with E-state index in [0.717, 1.165) is 32.7 Å². The molecule has 1 rings (SSSR count). The summed E-state index contributed by atoms with van der Waals surface area (Å²) in [4.78, 5) is 2.51. The zero-order valence-corrected chi connectivity index (χ0v) is 11.7. The van der Waals surface area contributed by atoms with Crippen molar-refractivity contribution in [2.75, 3.05) is 40.5 Å². The molecule has 1 aliphatic heterocycles. The van der Waals surface area contributed by atoms with E-state index in [1.165, 1.54) is 6.42 Å². The number of hydrogen-bond acceptors (Lipinski definition) is 4. The molecule has 17 heavy (non-hydrogen) atoms. The van der Waals surface area contributed by atoms with E-state index < -0.39 is 0 Å². The fourth-order valence-electron chi connectivity index (χ4n) is 2.34. The number of nitrogens with one attached hydrogen (secondary N) is 1. The fraction of sp³-hybridized carbons (Fsp3) is 1.00. The Kier molecular flexibility index (Phi) is 7.04. The number of methoxy groups -OCH3 is 2. The fourth-order valence-corrected chi connectivity index (χ4v) is 2.34. The quantitative estimate of drug-likeness (QED) is 0.693. The Labute approximate surface area is 106 Å². The van der Waals surface area contributed by atoms with E-state index in [9.17, 15) is 0 Å². The van der Waals surface area contributed by atoms with Crippen molar-refractivity contribution in [3.05, 3.63) is 0 Å². The van der Waals surface area contributed by atoms with Crippen LogP contribution in [0.15, 0.2) is 0 Å². The van der Waals surface area contributed by atoms with Gasteiger partial charge in [0.1, 0.15) is 0 Å². The van der Waals surface area contributed by atoms with Crippen LogP contribution >= 0.6 is 0 Å². The van der Waals surface area contributed by atoms with Crippen LogP contribution in [-0.2, 0) is 9.47 Å². The molecule has 1 saturated heterocycles. The van der Waals surface area contributed by atoms with Gasteiger partial charge < -0.3 is 14.8 Å². The van der Waals surface area contributed by atoms with Gasteiger partial charge in [0, 0.05) is 45.9 Å². The van der Waals surface area contributed by atoms with E-state index in [2.05, 4.69) is 24.1 Å². The Balaban J connectivity index is 2.37. The molecule has 1 N–H and O–H groups in total. The van der Waals surface area contributed by atoms with Crippen LogP contribution in [0.5, 0.6) is 0 Å². The maximum Gasteiger partial charge on any atom is 0.0711 e. The minimum absolute atomic E-state index is 0.390. The highest BCUT2D eigenvalue weighted by Gasteiger charge is 2.26. The summed E-state index contributed by atoms with van der Waals surface area (Å²) in [6.07, 6.45) is 2.70. The van der Waals surface area contributed by atoms with Gasteiger partial charge in [-0.15, -0.1) is 0 Å². The molecule has 3 atom stereocenters. The van der Waals surface area contributed by atoms with Gasteiger partial charge in [-0.3, -0.25) is 4.90 Å². The topological polar surface area (TPSA) is 33.7 Å². The third kappa shape index (κ3) is 4.92. The first kappa shape index (κ1) is 14.9. The molecule has 0 spiro atoms. The average molecular weight is 244 g/mol. The number of rotatable bonds is 8. The largest absolute Gasteiger partial charge is 0.383 e. The van der Waals surface area contributed by atoms with Crippen LogP contribution in [0, 0.1) is 0 Å². The van der Waals surface area contributed by atoms with Crippen LogP contribution < -0.4 is 5.32 Å². The van der Waals surface area contributed by atoms with E-state index in [-0.39, 0.29) is 0 Å². The highest BCUT2D eigenvalue weighted by Crippen LogP contribution is 2.13. The summed E-state index contributed by atoms with van der Waals surface area (Å²) in [6, 6.07) is 1.18. The van der Waals surface area contributed by atoms with E-state index in [1.54, 1.807) is 14.2 Å². The van der Waals surface area contributed by atoms with Gasteiger partial charge in [-0.1, -0.05) is 6.92 Å². The van der Waals surface area contributed by atoms with Crippen molar-refractivity contribution in [1.82, 2.24) is 10.2 Å². The second-order valence-corrected chi connectivity index (χ2v) is 4.94. The lowest BCUT2D eigenvalue weighted by atomic mass is 10.1. The minimum atomic E-state index is 0.390. The Morgan fingerprint density at radius 1 is 1.41 bits per heavy atom. The van der Waals surface area contributed by atoms with Crippen molar-refractivity contribution >= 4 is 0 Å². The van der Waals surface area contributed by atoms with Crippen molar-refractivity contribution in [2.45, 2.75) is 44.9 Å². The zero-order valence-electron chi connectivity index (χ0n) is 11.7. The maximum atomic E-state index is 5.39. The highest BCUT2D eigenvalue weighted by molar-refractivity contribution is 4.85. The monoisotopic (exact) mass is 244 g/mol. The summed E-state index contributed by atoms with van der Waals surface area (Å²) in [7, 11) is 3.57. The summed E-state index contributed by atoms with van der Waals surface area (Å²) < 4.78 is 10.6. The van der Waals surface area contributed by atoms with Crippen LogP contribution in [-0.4, -0.2) is 63.5 Å². The Morgan fingerprint density at radius 3 is 2.71 bits per heavy atom. The summed E-state index contributed by atoms with van der Waals surface area (Å²) >= 11 is 0. The molecule has 1 fully saturated rings. The molecular formula is C13H28N2O2. The van der Waals surface area contributed by atoms with Crippen molar-refractivity contribution in [3.63, 3.8) is 0 Å². The minimum Gasteiger partial charge on any atom is -0.383 e. The molecule has 4 nitrogen and oxygen atoms in total. The highest BCUT2D eigenvalue weighted by atomic mass is 16.5. The van der Waals surface area contributed by atoms with E-state index >= 15 is 0 Å². The van der Waals surface area contributed by atoms with Gasteiger partial charge in [0.05, 0.1) is 12.7 Å². The standard InChI is InChI=1S/C13H28N2O2/c1-5-11(2)15(6-7-16-3)10-12-8-13(17-4)9-14-12/h11-14H,5-10H2,1-4H3. The average Bonchev–Trinajstić information content (AvgIpc) is 2.81. The van der Waals surface area contributed by atoms with E-state index in [0.29, 0.717) is 18.2 Å². The lowest BCUT2D eigenvalue weighted by Crippen LogP contribution is -2.43. The van der Waals surface area contributed by atoms with Crippen molar-refractivity contribution < 1.29 is 9.47 Å². The number of nitrogens with zero attached hydrogens (tertiary/aromatic N) is 1. The third-order valence-electron chi connectivity index (χ3n) is 3.77.